The van der Waals surface area contributed by atoms with E-state index < -0.39 is 0 Å². The fourth-order valence-electron chi connectivity index (χ4n) is 3.62. The summed E-state index contributed by atoms with van der Waals surface area (Å²) in [7, 11) is 3.11. The highest BCUT2D eigenvalue weighted by Gasteiger charge is 2.24. The van der Waals surface area contributed by atoms with Crippen LogP contribution in [0.15, 0.2) is 46.9 Å². The van der Waals surface area contributed by atoms with E-state index in [1.165, 1.54) is 0 Å². The molecule has 2 aromatic rings. The molecular formula is C23H27BrN2O4. The van der Waals surface area contributed by atoms with Crippen molar-refractivity contribution in [2.24, 2.45) is 0 Å². The molecule has 1 fully saturated rings. The van der Waals surface area contributed by atoms with Gasteiger partial charge in [0.25, 0.3) is 5.91 Å². The van der Waals surface area contributed by atoms with Crippen LogP contribution >= 0.6 is 15.9 Å². The second-order valence-electron chi connectivity index (χ2n) is 7.33. The monoisotopic (exact) mass is 474 g/mol. The number of aryl methyl sites for hydroxylation is 1. The molecule has 160 valence electrons. The predicted octanol–water partition coefficient (Wildman–Crippen LogP) is 3.82. The van der Waals surface area contributed by atoms with Gasteiger partial charge in [-0.15, -0.1) is 0 Å². The standard InChI is InChI=1S/C23H27BrN2O4/c1-29-20-8-7-17(15-21(20)30-2)23(28)25-19-10-12-26(13-11-19)22(27)9-6-16-4-3-5-18(24)14-16/h3-5,7-8,14-15,19H,6,9-13H2,1-2H3,(H,25,28). The van der Waals surface area contributed by atoms with Gasteiger partial charge in [0.05, 0.1) is 14.2 Å². The third kappa shape index (κ3) is 5.75. The fourth-order valence-corrected chi connectivity index (χ4v) is 4.07. The topological polar surface area (TPSA) is 67.9 Å². The van der Waals surface area contributed by atoms with Crippen LogP contribution in [0.2, 0.25) is 0 Å². The van der Waals surface area contributed by atoms with E-state index in [9.17, 15) is 9.59 Å². The SMILES string of the molecule is COc1ccc(C(=O)NC2CCN(C(=O)CCc3cccc(Br)c3)CC2)cc1OC. The molecule has 3 rings (SSSR count). The van der Waals surface area contributed by atoms with E-state index in [0.717, 1.165) is 29.3 Å². The summed E-state index contributed by atoms with van der Waals surface area (Å²) in [6.45, 7) is 1.32. The number of rotatable bonds is 7. The number of ether oxygens (including phenoxy) is 2. The summed E-state index contributed by atoms with van der Waals surface area (Å²) in [5.74, 6) is 1.13. The second kappa shape index (κ2) is 10.5. The molecule has 1 saturated heterocycles. The number of nitrogens with one attached hydrogen (secondary N) is 1. The van der Waals surface area contributed by atoms with Gasteiger partial charge in [0.2, 0.25) is 5.91 Å². The lowest BCUT2D eigenvalue weighted by Crippen LogP contribution is -2.46. The number of methoxy groups -OCH3 is 2. The lowest BCUT2D eigenvalue weighted by atomic mass is 10.0. The van der Waals surface area contributed by atoms with Gasteiger partial charge in [0, 0.05) is 35.6 Å². The normalized spacial score (nSPS) is 14.3. The summed E-state index contributed by atoms with van der Waals surface area (Å²) in [6, 6.07) is 13.2. The number of carbonyl (C=O) groups is 2. The maximum Gasteiger partial charge on any atom is 0.251 e. The first-order valence-electron chi connectivity index (χ1n) is 10.0. The van der Waals surface area contributed by atoms with Crippen molar-refractivity contribution in [3.63, 3.8) is 0 Å². The smallest absolute Gasteiger partial charge is 0.251 e. The van der Waals surface area contributed by atoms with Crippen molar-refractivity contribution in [1.29, 1.82) is 0 Å². The number of piperidine rings is 1. The number of carbonyl (C=O) groups excluding carboxylic acids is 2. The molecule has 0 spiro atoms. The van der Waals surface area contributed by atoms with E-state index in [1.807, 2.05) is 29.2 Å². The molecule has 6 nitrogen and oxygen atoms in total. The largest absolute Gasteiger partial charge is 0.493 e. The zero-order valence-electron chi connectivity index (χ0n) is 17.3. The van der Waals surface area contributed by atoms with Crippen LogP contribution in [0, 0.1) is 0 Å². The molecule has 7 heteroatoms. The van der Waals surface area contributed by atoms with E-state index in [4.69, 9.17) is 9.47 Å². The molecule has 1 aliphatic rings. The Morgan fingerprint density at radius 3 is 2.47 bits per heavy atom. The second-order valence-corrected chi connectivity index (χ2v) is 8.24. The van der Waals surface area contributed by atoms with Crippen LogP contribution in [0.25, 0.3) is 0 Å². The summed E-state index contributed by atoms with van der Waals surface area (Å²) >= 11 is 3.46. The summed E-state index contributed by atoms with van der Waals surface area (Å²) < 4.78 is 11.5. The molecule has 0 radical (unpaired) electrons. The van der Waals surface area contributed by atoms with Crippen LogP contribution in [-0.2, 0) is 11.2 Å². The molecule has 1 aliphatic heterocycles. The minimum absolute atomic E-state index is 0.0553. The zero-order valence-corrected chi connectivity index (χ0v) is 18.9. The van der Waals surface area contributed by atoms with Crippen molar-refractivity contribution in [2.45, 2.75) is 31.7 Å². The average Bonchev–Trinajstić information content (AvgIpc) is 2.77. The average molecular weight is 475 g/mol. The quantitative estimate of drug-likeness (QED) is 0.662. The summed E-state index contributed by atoms with van der Waals surface area (Å²) in [5, 5.41) is 3.07. The Balaban J connectivity index is 1.47. The van der Waals surface area contributed by atoms with Gasteiger partial charge in [0.15, 0.2) is 11.5 Å². The molecule has 30 heavy (non-hydrogen) atoms. The van der Waals surface area contributed by atoms with Crippen molar-refractivity contribution in [1.82, 2.24) is 10.2 Å². The maximum absolute atomic E-state index is 12.6. The van der Waals surface area contributed by atoms with Crippen LogP contribution in [0.1, 0.15) is 35.2 Å². The van der Waals surface area contributed by atoms with E-state index in [0.29, 0.717) is 36.6 Å². The number of halogens is 1. The van der Waals surface area contributed by atoms with Crippen LogP contribution < -0.4 is 14.8 Å². The van der Waals surface area contributed by atoms with E-state index >= 15 is 0 Å². The lowest BCUT2D eigenvalue weighted by Gasteiger charge is -2.32. The van der Waals surface area contributed by atoms with Gasteiger partial charge in [0.1, 0.15) is 0 Å². The Morgan fingerprint density at radius 2 is 1.80 bits per heavy atom. The highest BCUT2D eigenvalue weighted by Crippen LogP contribution is 2.27. The van der Waals surface area contributed by atoms with E-state index in [1.54, 1.807) is 32.4 Å². The first-order valence-corrected chi connectivity index (χ1v) is 10.8. The van der Waals surface area contributed by atoms with Gasteiger partial charge in [-0.3, -0.25) is 9.59 Å². The molecule has 2 amide bonds. The predicted molar refractivity (Wildman–Crippen MR) is 119 cm³/mol. The maximum atomic E-state index is 12.6. The summed E-state index contributed by atoms with van der Waals surface area (Å²) in [5.41, 5.74) is 1.68. The Kier molecular flexibility index (Phi) is 7.74. The highest BCUT2D eigenvalue weighted by molar-refractivity contribution is 9.10. The van der Waals surface area contributed by atoms with Gasteiger partial charge >= 0.3 is 0 Å². The fraction of sp³-hybridized carbons (Fsp3) is 0.391. The molecule has 1 heterocycles. The molecule has 0 unspecified atom stereocenters. The molecule has 0 saturated carbocycles. The molecule has 0 bridgehead atoms. The van der Waals surface area contributed by atoms with Gasteiger partial charge in [-0.05, 0) is 55.2 Å². The van der Waals surface area contributed by atoms with Crippen molar-refractivity contribution in [3.8, 4) is 11.5 Å². The number of benzene rings is 2. The minimum atomic E-state index is -0.143. The Morgan fingerprint density at radius 1 is 1.07 bits per heavy atom. The van der Waals surface area contributed by atoms with Crippen molar-refractivity contribution >= 4 is 27.7 Å². The minimum Gasteiger partial charge on any atom is -0.493 e. The number of hydrogen-bond donors (Lipinski definition) is 1. The number of nitrogens with zero attached hydrogens (tertiary/aromatic N) is 1. The molecule has 0 aromatic heterocycles. The van der Waals surface area contributed by atoms with E-state index in [2.05, 4.69) is 21.2 Å². The summed E-state index contributed by atoms with van der Waals surface area (Å²) in [6.07, 6.45) is 2.73. The van der Waals surface area contributed by atoms with Crippen molar-refractivity contribution < 1.29 is 19.1 Å². The first kappa shape index (κ1) is 22.2. The van der Waals surface area contributed by atoms with Crippen molar-refractivity contribution in [3.05, 3.63) is 58.1 Å². The number of amides is 2. The van der Waals surface area contributed by atoms with Crippen LogP contribution in [0.5, 0.6) is 11.5 Å². The van der Waals surface area contributed by atoms with Gasteiger partial charge in [-0.1, -0.05) is 28.1 Å². The highest BCUT2D eigenvalue weighted by atomic mass is 79.9. The van der Waals surface area contributed by atoms with Gasteiger partial charge in [-0.25, -0.2) is 0 Å². The third-order valence-electron chi connectivity index (χ3n) is 5.35. The van der Waals surface area contributed by atoms with Crippen LogP contribution in [0.3, 0.4) is 0 Å². The Labute approximate surface area is 185 Å². The molecule has 1 N–H and O–H groups in total. The van der Waals surface area contributed by atoms with Crippen LogP contribution in [0.4, 0.5) is 0 Å². The first-order chi connectivity index (χ1) is 14.5. The molecular weight excluding hydrogens is 448 g/mol. The van der Waals surface area contributed by atoms with Crippen molar-refractivity contribution in [2.75, 3.05) is 27.3 Å². The molecule has 0 atom stereocenters. The third-order valence-corrected chi connectivity index (χ3v) is 5.84. The van der Waals surface area contributed by atoms with Gasteiger partial charge in [-0.2, -0.15) is 0 Å². The molecule has 0 aliphatic carbocycles. The Bertz CT molecular complexity index is 895. The number of likely N-dealkylation sites (tertiary alicyclic amines) is 1. The van der Waals surface area contributed by atoms with Gasteiger partial charge < -0.3 is 19.7 Å². The summed E-state index contributed by atoms with van der Waals surface area (Å²) in [4.78, 5) is 27.0. The Hall–Kier alpha value is -2.54. The van der Waals surface area contributed by atoms with E-state index in [-0.39, 0.29) is 17.9 Å². The lowest BCUT2D eigenvalue weighted by molar-refractivity contribution is -0.132. The molecule has 2 aromatic carbocycles. The van der Waals surface area contributed by atoms with Crippen LogP contribution in [-0.4, -0.2) is 50.1 Å². The number of hydrogen-bond acceptors (Lipinski definition) is 4. The zero-order chi connectivity index (χ0) is 21.5.